The number of rotatable bonds is 1. The summed E-state index contributed by atoms with van der Waals surface area (Å²) in [6.45, 7) is 8.14. The molecular formula is C10H21NO4. The third kappa shape index (κ3) is 559. The zero-order chi connectivity index (χ0) is 13.3. The van der Waals surface area contributed by atoms with Crippen molar-refractivity contribution >= 4 is 11.8 Å². The van der Waals surface area contributed by atoms with E-state index in [1.165, 1.54) is 27.7 Å². The van der Waals surface area contributed by atoms with Gasteiger partial charge in [0, 0.05) is 21.0 Å². The van der Waals surface area contributed by atoms with Crippen LogP contribution in [0.5, 0.6) is 0 Å². The summed E-state index contributed by atoms with van der Waals surface area (Å²) in [5, 5.41) is 14.3. The number of aliphatic hydroxyl groups is 1. The van der Waals surface area contributed by atoms with Gasteiger partial charge in [-0.2, -0.15) is 5.26 Å². The number of ether oxygens (including phenoxy) is 1. The van der Waals surface area contributed by atoms with Crippen molar-refractivity contribution in [3.05, 3.63) is 0 Å². The van der Waals surface area contributed by atoms with E-state index >= 15 is 0 Å². The van der Waals surface area contributed by atoms with Crippen LogP contribution in [0.4, 0.5) is 0 Å². The molecule has 0 fully saturated rings. The number of hydrogen-bond donors (Lipinski definition) is 1. The van der Waals surface area contributed by atoms with Crippen LogP contribution < -0.4 is 0 Å². The minimum atomic E-state index is -0.211. The van der Waals surface area contributed by atoms with Crippen LogP contribution in [-0.4, -0.2) is 30.6 Å². The molecule has 0 aromatic rings. The molecule has 0 aromatic carbocycles. The van der Waals surface area contributed by atoms with Crippen molar-refractivity contribution in [3.8, 4) is 6.07 Å². The number of nitriles is 1. The Morgan fingerprint density at radius 1 is 1.27 bits per heavy atom. The van der Waals surface area contributed by atoms with Crippen LogP contribution in [-0.2, 0) is 14.3 Å². The van der Waals surface area contributed by atoms with Crippen LogP contribution in [0.2, 0.25) is 0 Å². The number of Topliss-reactive ketones (excluding diaryl/α,β-unsaturated/α-hetero) is 1. The summed E-state index contributed by atoms with van der Waals surface area (Å²) in [6, 6.07) is 1.75. The van der Waals surface area contributed by atoms with Gasteiger partial charge in [0.2, 0.25) is 0 Å². The molecule has 0 atom stereocenters. The average Bonchev–Trinajstić information content (AvgIpc) is 2.07. The lowest BCUT2D eigenvalue weighted by Gasteiger charge is -1.89. The van der Waals surface area contributed by atoms with E-state index in [9.17, 15) is 9.59 Å². The lowest BCUT2D eigenvalue weighted by molar-refractivity contribution is -0.140. The molecule has 0 aromatic heterocycles. The molecule has 5 heteroatoms. The van der Waals surface area contributed by atoms with E-state index in [-0.39, 0.29) is 11.8 Å². The maximum absolute atomic E-state index is 9.82. The number of carbonyl (C=O) groups excluding carboxylic acids is 2. The van der Waals surface area contributed by atoms with E-state index in [1.807, 2.05) is 0 Å². The van der Waals surface area contributed by atoms with Gasteiger partial charge in [-0.15, -0.1) is 0 Å². The standard InChI is InChI=1S/C4H8O2.C3H6O.C2H3N.CH4O/c1-3-6-4(2)5;1-3(2)4;1-2-3;1-2/h3H2,1-2H3;1-2H3;1H3;2H,1H3. The fourth-order valence-electron chi connectivity index (χ4n) is 0.203. The number of ketones is 1. The van der Waals surface area contributed by atoms with Gasteiger partial charge in [-0.05, 0) is 20.8 Å². The first kappa shape index (κ1) is 23.4. The van der Waals surface area contributed by atoms with Crippen molar-refractivity contribution < 1.29 is 19.4 Å². The number of hydrogen-bond acceptors (Lipinski definition) is 5. The average molecular weight is 219 g/mol. The molecule has 0 saturated carbocycles. The van der Waals surface area contributed by atoms with Gasteiger partial charge in [-0.1, -0.05) is 0 Å². The van der Waals surface area contributed by atoms with Gasteiger partial charge in [0.05, 0.1) is 12.7 Å². The lowest BCUT2D eigenvalue weighted by Crippen LogP contribution is -1.95. The third-order valence-electron chi connectivity index (χ3n) is 0.348. The Kier molecular flexibility index (Phi) is 45.8. The highest BCUT2D eigenvalue weighted by atomic mass is 16.5. The quantitative estimate of drug-likeness (QED) is 0.672. The normalized spacial score (nSPS) is 5.73. The molecule has 5 nitrogen and oxygen atoms in total. The minimum absolute atomic E-state index is 0.167. The molecule has 0 rings (SSSR count). The zero-order valence-electron chi connectivity index (χ0n) is 10.3. The Hall–Kier alpha value is -1.41. The summed E-state index contributed by atoms with van der Waals surface area (Å²) in [6.07, 6.45) is 0. The molecule has 90 valence electrons. The van der Waals surface area contributed by atoms with Crippen molar-refractivity contribution in [2.45, 2.75) is 34.6 Å². The van der Waals surface area contributed by atoms with Crippen LogP contribution >= 0.6 is 0 Å². The highest BCUT2D eigenvalue weighted by Gasteiger charge is 1.81. The highest BCUT2D eigenvalue weighted by molar-refractivity contribution is 5.72. The fraction of sp³-hybridized carbons (Fsp3) is 0.700. The predicted molar refractivity (Wildman–Crippen MR) is 58.1 cm³/mol. The SMILES string of the molecule is CC#N.CC(C)=O.CCOC(C)=O.CO. The molecule has 0 aliphatic rings. The first-order valence-corrected chi connectivity index (χ1v) is 4.28. The second kappa shape index (κ2) is 29.4. The number of carbonyl (C=O) groups is 2. The molecule has 1 N–H and O–H groups in total. The summed E-state index contributed by atoms with van der Waals surface area (Å²) in [5.41, 5.74) is 0. The van der Waals surface area contributed by atoms with E-state index in [0.717, 1.165) is 7.11 Å². The van der Waals surface area contributed by atoms with Gasteiger partial charge in [-0.3, -0.25) is 4.79 Å². The molecule has 0 unspecified atom stereocenters. The fourth-order valence-corrected chi connectivity index (χ4v) is 0.203. The molecule has 0 spiro atoms. The Balaban J connectivity index is -0.0000000590. The van der Waals surface area contributed by atoms with Crippen LogP contribution in [0, 0.1) is 11.3 Å². The van der Waals surface area contributed by atoms with Gasteiger partial charge in [0.15, 0.2) is 0 Å². The Labute approximate surface area is 91.7 Å². The van der Waals surface area contributed by atoms with Gasteiger partial charge < -0.3 is 14.6 Å². The van der Waals surface area contributed by atoms with E-state index < -0.39 is 0 Å². The molecule has 0 amide bonds. The Morgan fingerprint density at radius 2 is 1.47 bits per heavy atom. The molecule has 0 radical (unpaired) electrons. The van der Waals surface area contributed by atoms with Gasteiger partial charge in [0.1, 0.15) is 5.78 Å². The van der Waals surface area contributed by atoms with Crippen LogP contribution in [0.15, 0.2) is 0 Å². The summed E-state index contributed by atoms with van der Waals surface area (Å²) in [5.74, 6) is -0.0440. The summed E-state index contributed by atoms with van der Waals surface area (Å²) < 4.78 is 4.40. The Morgan fingerprint density at radius 3 is 1.47 bits per heavy atom. The highest BCUT2D eigenvalue weighted by Crippen LogP contribution is 1.69. The molecule has 15 heavy (non-hydrogen) atoms. The maximum atomic E-state index is 9.82. The first-order valence-electron chi connectivity index (χ1n) is 4.28. The van der Waals surface area contributed by atoms with Crippen molar-refractivity contribution in [2.24, 2.45) is 0 Å². The monoisotopic (exact) mass is 219 g/mol. The molecule has 0 aliphatic heterocycles. The van der Waals surface area contributed by atoms with Crippen molar-refractivity contribution in [3.63, 3.8) is 0 Å². The minimum Gasteiger partial charge on any atom is -0.466 e. The third-order valence-corrected chi connectivity index (χ3v) is 0.348. The van der Waals surface area contributed by atoms with Crippen molar-refractivity contribution in [2.75, 3.05) is 13.7 Å². The van der Waals surface area contributed by atoms with E-state index in [2.05, 4.69) is 4.74 Å². The lowest BCUT2D eigenvalue weighted by atomic mass is 10.6. The number of esters is 1. The number of aliphatic hydroxyl groups excluding tert-OH is 1. The van der Waals surface area contributed by atoms with E-state index in [4.69, 9.17) is 10.4 Å². The van der Waals surface area contributed by atoms with E-state index in [1.54, 1.807) is 13.0 Å². The van der Waals surface area contributed by atoms with Gasteiger partial charge in [-0.25, -0.2) is 0 Å². The van der Waals surface area contributed by atoms with Crippen LogP contribution in [0.25, 0.3) is 0 Å². The molecule has 0 saturated heterocycles. The molecule has 0 heterocycles. The van der Waals surface area contributed by atoms with Gasteiger partial charge >= 0.3 is 5.97 Å². The molecular weight excluding hydrogens is 198 g/mol. The summed E-state index contributed by atoms with van der Waals surface area (Å²) >= 11 is 0. The Bertz CT molecular complexity index is 169. The molecule has 0 aliphatic carbocycles. The zero-order valence-corrected chi connectivity index (χ0v) is 10.3. The van der Waals surface area contributed by atoms with Gasteiger partial charge in [0.25, 0.3) is 0 Å². The first-order chi connectivity index (χ1) is 6.92. The van der Waals surface area contributed by atoms with Crippen molar-refractivity contribution in [1.29, 1.82) is 5.26 Å². The predicted octanol–water partition coefficient (Wildman–Crippen LogP) is 1.30. The molecule has 0 bridgehead atoms. The topological polar surface area (TPSA) is 87.4 Å². The largest absolute Gasteiger partial charge is 0.466 e. The summed E-state index contributed by atoms with van der Waals surface area (Å²) in [4.78, 5) is 19.3. The second-order valence-electron chi connectivity index (χ2n) is 2.06. The van der Waals surface area contributed by atoms with E-state index in [0.29, 0.717) is 6.61 Å². The summed E-state index contributed by atoms with van der Waals surface area (Å²) in [7, 11) is 1.00. The van der Waals surface area contributed by atoms with Crippen molar-refractivity contribution in [1.82, 2.24) is 0 Å². The second-order valence-corrected chi connectivity index (χ2v) is 2.06. The van der Waals surface area contributed by atoms with Crippen LogP contribution in [0.3, 0.4) is 0 Å². The smallest absolute Gasteiger partial charge is 0.302 e. The number of nitrogens with zero attached hydrogens (tertiary/aromatic N) is 1. The maximum Gasteiger partial charge on any atom is 0.302 e. The van der Waals surface area contributed by atoms with Crippen LogP contribution in [0.1, 0.15) is 34.6 Å².